The van der Waals surface area contributed by atoms with Crippen molar-refractivity contribution in [2.45, 2.75) is 25.4 Å². The molecule has 2 rings (SSSR count). The van der Waals surface area contributed by atoms with E-state index in [1.54, 1.807) is 0 Å². The lowest BCUT2D eigenvalue weighted by Crippen LogP contribution is -2.36. The van der Waals surface area contributed by atoms with E-state index in [0.717, 1.165) is 35.1 Å². The van der Waals surface area contributed by atoms with Crippen molar-refractivity contribution < 1.29 is 9.53 Å². The topological polar surface area (TPSA) is 38.3 Å². The Morgan fingerprint density at radius 2 is 2.12 bits per heavy atom. The van der Waals surface area contributed by atoms with E-state index in [1.165, 1.54) is 0 Å². The molecule has 1 N–H and O–H groups in total. The zero-order chi connectivity index (χ0) is 11.4. The minimum atomic E-state index is -0.335. The Balaban J connectivity index is 2.08. The van der Waals surface area contributed by atoms with Crippen molar-refractivity contribution in [3.8, 4) is 5.75 Å². The Bertz CT molecular complexity index is 381. The molecule has 1 fully saturated rings. The number of nitrogens with one attached hydrogen (secondary N) is 1. The van der Waals surface area contributed by atoms with Gasteiger partial charge in [-0.3, -0.25) is 4.79 Å². The number of hydrogen-bond acceptors (Lipinski definition) is 2. The lowest BCUT2D eigenvalue weighted by Gasteiger charge is -2.16. The fraction of sp³-hybridized carbons (Fsp3) is 0.417. The second-order valence-corrected chi connectivity index (χ2v) is 4.99. The van der Waals surface area contributed by atoms with Gasteiger partial charge in [0.2, 0.25) is 0 Å². The molecule has 0 radical (unpaired) electrons. The highest BCUT2D eigenvalue weighted by Gasteiger charge is 2.22. The molecule has 1 amide bonds. The molecule has 1 aliphatic rings. The predicted octanol–water partition coefficient (Wildman–Crippen LogP) is 2.34. The van der Waals surface area contributed by atoms with Gasteiger partial charge in [0.05, 0.1) is 3.57 Å². The summed E-state index contributed by atoms with van der Waals surface area (Å²) in [4.78, 5) is 11.7. The Labute approximate surface area is 109 Å². The van der Waals surface area contributed by atoms with Crippen LogP contribution in [0.15, 0.2) is 24.3 Å². The zero-order valence-corrected chi connectivity index (χ0v) is 11.1. The van der Waals surface area contributed by atoms with Crippen LogP contribution in [-0.2, 0) is 4.79 Å². The first-order valence-corrected chi connectivity index (χ1v) is 6.54. The van der Waals surface area contributed by atoms with Crippen molar-refractivity contribution >= 4 is 28.5 Å². The highest BCUT2D eigenvalue weighted by Crippen LogP contribution is 2.22. The third-order valence-electron chi connectivity index (χ3n) is 2.59. The van der Waals surface area contributed by atoms with Crippen LogP contribution in [0.3, 0.4) is 0 Å². The first kappa shape index (κ1) is 11.7. The fourth-order valence-electron chi connectivity index (χ4n) is 1.72. The van der Waals surface area contributed by atoms with Gasteiger partial charge in [-0.2, -0.15) is 0 Å². The van der Waals surface area contributed by atoms with Gasteiger partial charge in [0.15, 0.2) is 6.10 Å². The summed E-state index contributed by atoms with van der Waals surface area (Å²) in [6.07, 6.45) is 2.54. The number of halogens is 1. The summed E-state index contributed by atoms with van der Waals surface area (Å²) in [6.45, 7) is 0.768. The number of amides is 1. The van der Waals surface area contributed by atoms with Gasteiger partial charge in [0, 0.05) is 6.54 Å². The molecule has 1 aliphatic heterocycles. The van der Waals surface area contributed by atoms with Crippen molar-refractivity contribution in [1.29, 1.82) is 0 Å². The first-order chi connectivity index (χ1) is 7.77. The molecule has 0 bridgehead atoms. The zero-order valence-electron chi connectivity index (χ0n) is 8.91. The SMILES string of the molecule is O=C1NCCCCC1Oc1ccccc1I. The van der Waals surface area contributed by atoms with Crippen molar-refractivity contribution in [2.75, 3.05) is 6.54 Å². The predicted molar refractivity (Wildman–Crippen MR) is 70.4 cm³/mol. The molecular weight excluding hydrogens is 317 g/mol. The molecule has 86 valence electrons. The van der Waals surface area contributed by atoms with Gasteiger partial charge in [-0.05, 0) is 54.0 Å². The molecule has 0 aliphatic carbocycles. The average molecular weight is 331 g/mol. The lowest BCUT2D eigenvalue weighted by atomic mass is 10.2. The Kier molecular flexibility index (Phi) is 4.04. The van der Waals surface area contributed by atoms with Gasteiger partial charge < -0.3 is 10.1 Å². The lowest BCUT2D eigenvalue weighted by molar-refractivity contribution is -0.127. The molecule has 16 heavy (non-hydrogen) atoms. The summed E-state index contributed by atoms with van der Waals surface area (Å²) in [5.74, 6) is 0.808. The summed E-state index contributed by atoms with van der Waals surface area (Å²) < 4.78 is 6.80. The van der Waals surface area contributed by atoms with E-state index >= 15 is 0 Å². The van der Waals surface area contributed by atoms with E-state index < -0.39 is 0 Å². The normalized spacial score (nSPS) is 21.1. The van der Waals surface area contributed by atoms with Crippen LogP contribution in [-0.4, -0.2) is 18.6 Å². The number of para-hydroxylation sites is 1. The summed E-state index contributed by atoms with van der Waals surface area (Å²) >= 11 is 2.22. The van der Waals surface area contributed by atoms with Gasteiger partial charge in [-0.25, -0.2) is 0 Å². The molecule has 4 heteroatoms. The Morgan fingerprint density at radius 1 is 1.31 bits per heavy atom. The van der Waals surface area contributed by atoms with Crippen molar-refractivity contribution in [3.63, 3.8) is 0 Å². The molecule has 0 saturated carbocycles. The summed E-state index contributed by atoms with van der Waals surface area (Å²) in [5, 5.41) is 2.87. The van der Waals surface area contributed by atoms with Gasteiger partial charge >= 0.3 is 0 Å². The second-order valence-electron chi connectivity index (χ2n) is 3.82. The average Bonchev–Trinajstić information content (AvgIpc) is 2.48. The van der Waals surface area contributed by atoms with Gasteiger partial charge in [0.1, 0.15) is 5.75 Å². The summed E-state index contributed by atoms with van der Waals surface area (Å²) in [5.41, 5.74) is 0. The molecule has 1 unspecified atom stereocenters. The van der Waals surface area contributed by atoms with Crippen LogP contribution < -0.4 is 10.1 Å². The standard InChI is InChI=1S/C12H14INO2/c13-9-5-1-2-6-10(9)16-11-7-3-4-8-14-12(11)15/h1-2,5-6,11H,3-4,7-8H2,(H,14,15). The minimum Gasteiger partial charge on any atom is -0.480 e. The van der Waals surface area contributed by atoms with Gasteiger partial charge in [-0.1, -0.05) is 12.1 Å². The minimum absolute atomic E-state index is 0.0113. The number of hydrogen-bond donors (Lipinski definition) is 1. The third-order valence-corrected chi connectivity index (χ3v) is 3.48. The maximum atomic E-state index is 11.7. The largest absolute Gasteiger partial charge is 0.480 e. The molecular formula is C12H14INO2. The molecule has 1 aromatic rings. The monoisotopic (exact) mass is 331 g/mol. The highest BCUT2D eigenvalue weighted by atomic mass is 127. The molecule has 1 saturated heterocycles. The molecule has 1 atom stereocenters. The highest BCUT2D eigenvalue weighted by molar-refractivity contribution is 14.1. The van der Waals surface area contributed by atoms with Crippen LogP contribution in [0, 0.1) is 3.57 Å². The van der Waals surface area contributed by atoms with Gasteiger partial charge in [-0.15, -0.1) is 0 Å². The van der Waals surface area contributed by atoms with Crippen molar-refractivity contribution in [3.05, 3.63) is 27.8 Å². The van der Waals surface area contributed by atoms with Crippen LogP contribution in [0.25, 0.3) is 0 Å². The van der Waals surface area contributed by atoms with Crippen LogP contribution in [0.1, 0.15) is 19.3 Å². The first-order valence-electron chi connectivity index (χ1n) is 5.46. The Morgan fingerprint density at radius 3 is 2.94 bits per heavy atom. The maximum Gasteiger partial charge on any atom is 0.261 e. The van der Waals surface area contributed by atoms with E-state index in [9.17, 15) is 4.79 Å². The summed E-state index contributed by atoms with van der Waals surface area (Å²) in [6, 6.07) is 7.76. The molecule has 3 nitrogen and oxygen atoms in total. The van der Waals surface area contributed by atoms with E-state index in [-0.39, 0.29) is 12.0 Å². The number of carbonyl (C=O) groups excluding carboxylic acids is 1. The van der Waals surface area contributed by atoms with E-state index in [1.807, 2.05) is 24.3 Å². The maximum absolute atomic E-state index is 11.7. The van der Waals surface area contributed by atoms with Crippen molar-refractivity contribution in [1.82, 2.24) is 5.32 Å². The number of ether oxygens (including phenoxy) is 1. The smallest absolute Gasteiger partial charge is 0.261 e. The van der Waals surface area contributed by atoms with Crippen LogP contribution in [0.2, 0.25) is 0 Å². The number of carbonyl (C=O) groups is 1. The van der Waals surface area contributed by atoms with Crippen LogP contribution in [0.4, 0.5) is 0 Å². The molecule has 0 aromatic heterocycles. The van der Waals surface area contributed by atoms with E-state index in [0.29, 0.717) is 0 Å². The quantitative estimate of drug-likeness (QED) is 0.845. The van der Waals surface area contributed by atoms with Crippen LogP contribution in [0.5, 0.6) is 5.75 Å². The van der Waals surface area contributed by atoms with E-state index in [4.69, 9.17) is 4.74 Å². The fourth-order valence-corrected chi connectivity index (χ4v) is 2.23. The van der Waals surface area contributed by atoms with E-state index in [2.05, 4.69) is 27.9 Å². The number of benzene rings is 1. The van der Waals surface area contributed by atoms with Crippen molar-refractivity contribution in [2.24, 2.45) is 0 Å². The Hall–Kier alpha value is -0.780. The molecule has 1 aromatic carbocycles. The molecule has 0 spiro atoms. The van der Waals surface area contributed by atoms with Crippen LogP contribution >= 0.6 is 22.6 Å². The summed E-state index contributed by atoms with van der Waals surface area (Å²) in [7, 11) is 0. The van der Waals surface area contributed by atoms with Gasteiger partial charge in [0.25, 0.3) is 5.91 Å². The second kappa shape index (κ2) is 5.52. The third kappa shape index (κ3) is 2.87. The number of rotatable bonds is 2. The molecule has 1 heterocycles.